The summed E-state index contributed by atoms with van der Waals surface area (Å²) in [5.41, 5.74) is -1.47. The van der Waals surface area contributed by atoms with Gasteiger partial charge in [-0.3, -0.25) is 9.59 Å². The van der Waals surface area contributed by atoms with Gasteiger partial charge < -0.3 is 10.3 Å². The second-order valence-electron chi connectivity index (χ2n) is 5.29. The molecule has 0 aliphatic carbocycles. The fraction of sp³-hybridized carbons (Fsp3) is 0.250. The monoisotopic (exact) mass is 342 g/mol. The number of carbonyl (C=O) groups excluding carboxylic acids is 1. The maximum atomic E-state index is 13.5. The molecule has 1 amide bonds. The molecule has 0 unspecified atom stereocenters. The van der Waals surface area contributed by atoms with Crippen LogP contribution in [0.5, 0.6) is 0 Å². The van der Waals surface area contributed by atoms with Crippen LogP contribution in [0.15, 0.2) is 29.1 Å². The summed E-state index contributed by atoms with van der Waals surface area (Å²) in [5.74, 6) is -2.64. The third kappa shape index (κ3) is 3.64. The van der Waals surface area contributed by atoms with Gasteiger partial charge in [-0.15, -0.1) is 0 Å². The topological polar surface area (TPSA) is 62.0 Å². The van der Waals surface area contributed by atoms with Crippen LogP contribution in [-0.2, 0) is 12.7 Å². The zero-order chi connectivity index (χ0) is 18.1. The zero-order valence-corrected chi connectivity index (χ0v) is 12.8. The fourth-order valence-electron chi connectivity index (χ4n) is 2.37. The van der Waals surface area contributed by atoms with Crippen LogP contribution < -0.4 is 10.9 Å². The molecular formula is C16H14F4N2O2. The van der Waals surface area contributed by atoms with Gasteiger partial charge in [-0.05, 0) is 37.6 Å². The van der Waals surface area contributed by atoms with Crippen LogP contribution in [0.1, 0.15) is 32.7 Å². The van der Waals surface area contributed by atoms with Crippen LogP contribution in [0.2, 0.25) is 0 Å². The number of amides is 1. The van der Waals surface area contributed by atoms with E-state index in [-0.39, 0.29) is 12.1 Å². The number of hydrogen-bond acceptors (Lipinski definition) is 2. The summed E-state index contributed by atoms with van der Waals surface area (Å²) < 4.78 is 52.3. The molecule has 1 aromatic carbocycles. The van der Waals surface area contributed by atoms with Crippen molar-refractivity contribution < 1.29 is 22.4 Å². The van der Waals surface area contributed by atoms with Gasteiger partial charge in [0.15, 0.2) is 0 Å². The highest BCUT2D eigenvalue weighted by Crippen LogP contribution is 2.34. The van der Waals surface area contributed by atoms with Crippen LogP contribution >= 0.6 is 0 Å². The van der Waals surface area contributed by atoms with E-state index < -0.39 is 34.6 Å². The number of H-pyrrole nitrogens is 1. The molecule has 8 heteroatoms. The smallest absolute Gasteiger partial charge is 0.348 e. The number of alkyl halides is 3. The van der Waals surface area contributed by atoms with Crippen molar-refractivity contribution in [3.63, 3.8) is 0 Å². The Morgan fingerprint density at radius 2 is 1.92 bits per heavy atom. The summed E-state index contributed by atoms with van der Waals surface area (Å²) in [6.45, 7) is 3.06. The summed E-state index contributed by atoms with van der Waals surface area (Å²) in [7, 11) is 0. The van der Waals surface area contributed by atoms with E-state index in [4.69, 9.17) is 0 Å². The average molecular weight is 342 g/mol. The quantitative estimate of drug-likeness (QED) is 0.842. The third-order valence-electron chi connectivity index (χ3n) is 3.46. The fourth-order valence-corrected chi connectivity index (χ4v) is 2.37. The third-order valence-corrected chi connectivity index (χ3v) is 3.46. The molecule has 4 nitrogen and oxygen atoms in total. The molecule has 0 aliphatic rings. The largest absolute Gasteiger partial charge is 0.420 e. The van der Waals surface area contributed by atoms with Gasteiger partial charge in [-0.1, -0.05) is 6.07 Å². The normalized spacial score (nSPS) is 11.4. The molecule has 2 N–H and O–H groups in total. The first-order chi connectivity index (χ1) is 11.1. The van der Waals surface area contributed by atoms with Crippen LogP contribution in [0.25, 0.3) is 0 Å². The molecule has 24 heavy (non-hydrogen) atoms. The second-order valence-corrected chi connectivity index (χ2v) is 5.29. The maximum absolute atomic E-state index is 13.5. The lowest BCUT2D eigenvalue weighted by Crippen LogP contribution is -2.30. The van der Waals surface area contributed by atoms with Crippen LogP contribution in [0.4, 0.5) is 17.6 Å². The van der Waals surface area contributed by atoms with Gasteiger partial charge in [0.25, 0.3) is 11.5 Å². The lowest BCUT2D eigenvalue weighted by Gasteiger charge is -2.14. The lowest BCUT2D eigenvalue weighted by molar-refractivity contribution is -0.140. The van der Waals surface area contributed by atoms with E-state index in [1.54, 1.807) is 19.9 Å². The van der Waals surface area contributed by atoms with Crippen molar-refractivity contribution >= 4 is 5.91 Å². The number of nitrogens with one attached hydrogen (secondary N) is 2. The Kier molecular flexibility index (Phi) is 4.77. The molecule has 0 saturated heterocycles. The van der Waals surface area contributed by atoms with Crippen LogP contribution in [0.3, 0.4) is 0 Å². The van der Waals surface area contributed by atoms with Gasteiger partial charge >= 0.3 is 6.18 Å². The van der Waals surface area contributed by atoms with Crippen molar-refractivity contribution in [2.75, 3.05) is 0 Å². The Morgan fingerprint density at radius 3 is 2.50 bits per heavy atom. The number of hydrogen-bond donors (Lipinski definition) is 2. The molecule has 128 valence electrons. The first kappa shape index (κ1) is 17.7. The molecule has 0 saturated carbocycles. The Labute approximate surface area is 134 Å². The summed E-state index contributed by atoms with van der Waals surface area (Å²) in [6.07, 6.45) is -5.00. The van der Waals surface area contributed by atoms with Gasteiger partial charge in [0, 0.05) is 17.8 Å². The molecule has 0 spiro atoms. The number of aromatic nitrogens is 1. The number of benzene rings is 1. The Hall–Kier alpha value is -2.64. The average Bonchev–Trinajstić information content (AvgIpc) is 2.44. The van der Waals surface area contributed by atoms with Gasteiger partial charge in [0.1, 0.15) is 11.4 Å². The van der Waals surface area contributed by atoms with E-state index in [9.17, 15) is 27.2 Å². The van der Waals surface area contributed by atoms with Crippen LogP contribution in [0, 0.1) is 19.7 Å². The standard InChI is InChI=1S/C16H14F4N2O2/c1-8-6-9(2)22-15(24)11(8)7-21-14(23)10-4-3-5-12(17)13(10)16(18,19)20/h3-6H,7H2,1-2H3,(H,21,23)(H,22,24). The molecule has 0 fully saturated rings. The number of aromatic amines is 1. The number of rotatable bonds is 3. The van der Waals surface area contributed by atoms with Gasteiger partial charge in [0.2, 0.25) is 0 Å². The molecular weight excluding hydrogens is 328 g/mol. The number of pyridine rings is 1. The molecule has 2 rings (SSSR count). The highest BCUT2D eigenvalue weighted by atomic mass is 19.4. The molecule has 1 aromatic heterocycles. The molecule has 0 aliphatic heterocycles. The Bertz CT molecular complexity index is 841. The summed E-state index contributed by atoms with van der Waals surface area (Å²) in [5, 5.41) is 2.23. The van der Waals surface area contributed by atoms with Crippen molar-refractivity contribution in [3.8, 4) is 0 Å². The molecule has 0 bridgehead atoms. The lowest BCUT2D eigenvalue weighted by atomic mass is 10.1. The first-order valence-corrected chi connectivity index (χ1v) is 6.94. The summed E-state index contributed by atoms with van der Waals surface area (Å²) in [4.78, 5) is 26.4. The van der Waals surface area contributed by atoms with Gasteiger partial charge in [-0.2, -0.15) is 13.2 Å². The van der Waals surface area contributed by atoms with Crippen LogP contribution in [-0.4, -0.2) is 10.9 Å². The predicted octanol–water partition coefficient (Wildman–Crippen LogP) is 3.08. The van der Waals surface area contributed by atoms with E-state index in [2.05, 4.69) is 10.3 Å². The number of aryl methyl sites for hydroxylation is 2. The minimum absolute atomic E-state index is 0.221. The predicted molar refractivity (Wildman–Crippen MR) is 79.1 cm³/mol. The van der Waals surface area contributed by atoms with Gasteiger partial charge in [-0.25, -0.2) is 4.39 Å². The van der Waals surface area contributed by atoms with Crippen molar-refractivity contribution in [3.05, 3.63) is 68.4 Å². The van der Waals surface area contributed by atoms with Crippen molar-refractivity contribution in [2.24, 2.45) is 0 Å². The van der Waals surface area contributed by atoms with E-state index in [0.29, 0.717) is 17.3 Å². The number of carbonyl (C=O) groups is 1. The van der Waals surface area contributed by atoms with E-state index >= 15 is 0 Å². The molecule has 2 aromatic rings. The van der Waals surface area contributed by atoms with Crippen molar-refractivity contribution in [2.45, 2.75) is 26.6 Å². The van der Waals surface area contributed by atoms with Crippen molar-refractivity contribution in [1.29, 1.82) is 0 Å². The highest BCUT2D eigenvalue weighted by Gasteiger charge is 2.38. The first-order valence-electron chi connectivity index (χ1n) is 6.94. The molecule has 1 heterocycles. The molecule has 0 atom stereocenters. The molecule has 0 radical (unpaired) electrons. The second kappa shape index (κ2) is 6.46. The zero-order valence-electron chi connectivity index (χ0n) is 12.8. The summed E-state index contributed by atoms with van der Waals surface area (Å²) in [6, 6.07) is 4.21. The summed E-state index contributed by atoms with van der Waals surface area (Å²) >= 11 is 0. The van der Waals surface area contributed by atoms with E-state index in [1.165, 1.54) is 0 Å². The number of halogens is 4. The van der Waals surface area contributed by atoms with Crippen molar-refractivity contribution in [1.82, 2.24) is 10.3 Å². The minimum atomic E-state index is -5.00. The minimum Gasteiger partial charge on any atom is -0.348 e. The maximum Gasteiger partial charge on any atom is 0.420 e. The Balaban J connectivity index is 2.30. The highest BCUT2D eigenvalue weighted by molar-refractivity contribution is 5.95. The SMILES string of the molecule is Cc1cc(C)c(CNC(=O)c2cccc(F)c2C(F)(F)F)c(=O)[nH]1. The van der Waals surface area contributed by atoms with E-state index in [1.807, 2.05) is 0 Å². The Morgan fingerprint density at radius 1 is 1.25 bits per heavy atom. The van der Waals surface area contributed by atoms with Gasteiger partial charge in [0.05, 0.1) is 5.56 Å². The van der Waals surface area contributed by atoms with E-state index in [0.717, 1.165) is 12.1 Å².